The first-order valence-corrected chi connectivity index (χ1v) is 20.6. The molecule has 5 aromatic carbocycles. The minimum Gasteiger partial charge on any atom is -0.507 e. The van der Waals surface area contributed by atoms with Crippen LogP contribution < -0.4 is 0 Å². The summed E-state index contributed by atoms with van der Waals surface area (Å²) in [5.41, 5.74) is 14.3. The van der Waals surface area contributed by atoms with Crippen molar-refractivity contribution in [1.82, 2.24) is 9.97 Å². The second-order valence-corrected chi connectivity index (χ2v) is 19.9. The lowest BCUT2D eigenvalue weighted by molar-refractivity contribution is 0.390. The number of aromatic hydroxyl groups is 1. The van der Waals surface area contributed by atoms with Crippen LogP contribution in [0.25, 0.3) is 66.8 Å². The molecule has 0 bridgehead atoms. The van der Waals surface area contributed by atoms with Gasteiger partial charge in [-0.05, 0) is 127 Å². The molecule has 0 unspecified atom stereocenters. The maximum atomic E-state index is 11.1. The molecule has 0 aliphatic carbocycles. The number of nitrogens with zero attached hydrogens (tertiary/aromatic N) is 2. The molecule has 0 spiro atoms. The van der Waals surface area contributed by atoms with Gasteiger partial charge in [-0.3, -0.25) is 4.98 Å². The van der Waals surface area contributed by atoms with E-state index in [0.717, 1.165) is 50.0 Å². The summed E-state index contributed by atoms with van der Waals surface area (Å²) in [6, 6.07) is 34.7. The summed E-state index contributed by atoms with van der Waals surface area (Å²) in [4.78, 5) is 10.2. The van der Waals surface area contributed by atoms with Crippen molar-refractivity contribution in [2.45, 2.75) is 112 Å². The van der Waals surface area contributed by atoms with Crippen molar-refractivity contribution in [3.63, 3.8) is 0 Å². The lowest BCUT2D eigenvalue weighted by Gasteiger charge is -2.28. The SMILES string of the molecule is CC(C)C(c1ccnc2c(-c3cccc(-c4cc(-c5ccc(C(C)(C)C)cc5)cc5oc(-c6cc(C(C)(C)C)ccc6O)nc45)c3)cc(C(C)(C)C)cc12)C(C)C. The predicted molar refractivity (Wildman–Crippen MR) is 241 cm³/mol. The average molecular weight is 757 g/mol. The van der Waals surface area contributed by atoms with Crippen LogP contribution >= 0.6 is 0 Å². The number of aromatic nitrogens is 2. The average Bonchev–Trinajstić information content (AvgIpc) is 3.57. The maximum absolute atomic E-state index is 11.1. The van der Waals surface area contributed by atoms with Gasteiger partial charge in [-0.2, -0.15) is 0 Å². The first-order valence-electron chi connectivity index (χ1n) is 20.6. The van der Waals surface area contributed by atoms with Gasteiger partial charge in [0.05, 0.1) is 11.1 Å². The Bertz CT molecular complexity index is 2580. The molecule has 4 heteroatoms. The van der Waals surface area contributed by atoms with Crippen LogP contribution in [0.3, 0.4) is 0 Å². The van der Waals surface area contributed by atoms with Crippen LogP contribution in [0.4, 0.5) is 0 Å². The fraction of sp³-hybridized carbons (Fsp3) is 0.358. The van der Waals surface area contributed by atoms with Crippen molar-refractivity contribution in [2.24, 2.45) is 11.8 Å². The van der Waals surface area contributed by atoms with Crippen LogP contribution in [0.15, 0.2) is 108 Å². The van der Waals surface area contributed by atoms with Gasteiger partial charge in [0, 0.05) is 22.7 Å². The number of rotatable bonds is 7. The molecule has 0 aliphatic rings. The molecular formula is C53H60N2O2. The molecule has 0 fully saturated rings. The van der Waals surface area contributed by atoms with Crippen molar-refractivity contribution >= 4 is 22.0 Å². The second kappa shape index (κ2) is 14.6. The fourth-order valence-corrected chi connectivity index (χ4v) is 8.43. The molecule has 7 rings (SSSR count). The first-order chi connectivity index (χ1) is 26.7. The molecule has 0 aliphatic heterocycles. The number of hydrogen-bond donors (Lipinski definition) is 1. The number of fused-ring (bicyclic) bond motifs is 2. The molecule has 294 valence electrons. The molecule has 1 N–H and O–H groups in total. The molecule has 7 aromatic rings. The Morgan fingerprint density at radius 3 is 1.70 bits per heavy atom. The zero-order chi connectivity index (χ0) is 41.2. The number of phenolic OH excluding ortho intramolecular Hbond substituents is 1. The number of pyridine rings is 1. The summed E-state index contributed by atoms with van der Waals surface area (Å²) < 4.78 is 6.62. The summed E-state index contributed by atoms with van der Waals surface area (Å²) in [7, 11) is 0. The monoisotopic (exact) mass is 756 g/mol. The van der Waals surface area contributed by atoms with E-state index in [9.17, 15) is 5.11 Å². The quantitative estimate of drug-likeness (QED) is 0.176. The summed E-state index contributed by atoms with van der Waals surface area (Å²) >= 11 is 0. The molecule has 4 nitrogen and oxygen atoms in total. The van der Waals surface area contributed by atoms with Gasteiger partial charge in [0.15, 0.2) is 5.58 Å². The first kappa shape index (κ1) is 40.0. The zero-order valence-corrected chi connectivity index (χ0v) is 36.3. The lowest BCUT2D eigenvalue weighted by Crippen LogP contribution is -2.15. The molecule has 0 saturated heterocycles. The number of oxazole rings is 1. The normalized spacial score (nSPS) is 12.8. The Hall–Kier alpha value is -5.22. The van der Waals surface area contributed by atoms with Gasteiger partial charge >= 0.3 is 0 Å². The van der Waals surface area contributed by atoms with Crippen LogP contribution in [0.2, 0.25) is 0 Å². The van der Waals surface area contributed by atoms with Gasteiger partial charge in [-0.1, -0.05) is 139 Å². The van der Waals surface area contributed by atoms with Gasteiger partial charge in [0.2, 0.25) is 5.89 Å². The van der Waals surface area contributed by atoms with Gasteiger partial charge in [0.1, 0.15) is 11.3 Å². The van der Waals surface area contributed by atoms with E-state index in [1.165, 1.54) is 22.1 Å². The van der Waals surface area contributed by atoms with E-state index in [2.05, 4.69) is 169 Å². The Kier molecular flexibility index (Phi) is 10.3. The largest absolute Gasteiger partial charge is 0.507 e. The van der Waals surface area contributed by atoms with Crippen molar-refractivity contribution in [3.8, 4) is 50.6 Å². The highest BCUT2D eigenvalue weighted by molar-refractivity contribution is 6.00. The Morgan fingerprint density at radius 1 is 0.526 bits per heavy atom. The van der Waals surface area contributed by atoms with Crippen LogP contribution in [-0.2, 0) is 16.2 Å². The van der Waals surface area contributed by atoms with Crippen LogP contribution in [-0.4, -0.2) is 15.1 Å². The summed E-state index contributed by atoms with van der Waals surface area (Å²) in [5.74, 6) is 1.93. The second-order valence-electron chi connectivity index (χ2n) is 19.9. The molecule has 0 amide bonds. The van der Waals surface area contributed by atoms with Crippen LogP contribution in [0.5, 0.6) is 5.75 Å². The van der Waals surface area contributed by atoms with E-state index < -0.39 is 0 Å². The zero-order valence-electron chi connectivity index (χ0n) is 36.3. The summed E-state index contributed by atoms with van der Waals surface area (Å²) in [5, 5.41) is 12.4. The minimum absolute atomic E-state index is 0.0477. The highest BCUT2D eigenvalue weighted by Crippen LogP contribution is 2.44. The molecule has 0 atom stereocenters. The number of phenols is 1. The van der Waals surface area contributed by atoms with E-state index in [1.807, 2.05) is 18.3 Å². The molecular weight excluding hydrogens is 697 g/mol. The Morgan fingerprint density at radius 2 is 1.11 bits per heavy atom. The topological polar surface area (TPSA) is 59.2 Å². The molecule has 2 aromatic heterocycles. The smallest absolute Gasteiger partial charge is 0.231 e. The van der Waals surface area contributed by atoms with Gasteiger partial charge in [0.25, 0.3) is 0 Å². The third-order valence-electron chi connectivity index (χ3n) is 11.7. The summed E-state index contributed by atoms with van der Waals surface area (Å²) in [6.07, 6.45) is 2.00. The van der Waals surface area contributed by atoms with Crippen LogP contribution in [0, 0.1) is 11.8 Å². The molecule has 0 saturated carbocycles. The summed E-state index contributed by atoms with van der Waals surface area (Å²) in [6.45, 7) is 29.4. The van der Waals surface area contributed by atoms with Crippen molar-refractivity contribution < 1.29 is 9.52 Å². The van der Waals surface area contributed by atoms with E-state index in [-0.39, 0.29) is 22.0 Å². The standard InChI is InChI=1S/C53H60N2O2/c1-31(2)47(32(3)4)40-23-24-54-48-42(29-39(30-43(40)48)53(11,12)13)35-16-14-15-34(25-35)41-26-36(33-17-19-37(20-18-33)51(5,6)7)27-46-49(41)55-50(57-46)44-28-38(52(8,9)10)21-22-45(44)56/h14-32,47,56H,1-13H3. The molecule has 0 radical (unpaired) electrons. The van der Waals surface area contributed by atoms with Gasteiger partial charge in [-0.25, -0.2) is 4.98 Å². The maximum Gasteiger partial charge on any atom is 0.231 e. The highest BCUT2D eigenvalue weighted by atomic mass is 16.3. The Balaban J connectivity index is 1.47. The Labute approximate surface area is 340 Å². The van der Waals surface area contributed by atoms with Crippen molar-refractivity contribution in [2.75, 3.05) is 0 Å². The third kappa shape index (κ3) is 7.89. The lowest BCUT2D eigenvalue weighted by atomic mass is 9.77. The molecule has 2 heterocycles. The minimum atomic E-state index is -0.110. The van der Waals surface area contributed by atoms with Gasteiger partial charge < -0.3 is 9.52 Å². The van der Waals surface area contributed by atoms with Crippen molar-refractivity contribution in [1.29, 1.82) is 0 Å². The predicted octanol–water partition coefficient (Wildman–Crippen LogP) is 15.0. The fourth-order valence-electron chi connectivity index (χ4n) is 8.43. The van der Waals surface area contributed by atoms with E-state index in [4.69, 9.17) is 14.4 Å². The molecule has 57 heavy (non-hydrogen) atoms. The van der Waals surface area contributed by atoms with Crippen LogP contribution in [0.1, 0.15) is 118 Å². The van der Waals surface area contributed by atoms with E-state index in [1.54, 1.807) is 6.07 Å². The highest BCUT2D eigenvalue weighted by Gasteiger charge is 2.26. The van der Waals surface area contributed by atoms with E-state index >= 15 is 0 Å². The van der Waals surface area contributed by atoms with E-state index in [0.29, 0.717) is 34.8 Å². The van der Waals surface area contributed by atoms with Gasteiger partial charge in [-0.15, -0.1) is 0 Å². The number of benzene rings is 5. The van der Waals surface area contributed by atoms with Crippen molar-refractivity contribution in [3.05, 3.63) is 126 Å². The number of hydrogen-bond acceptors (Lipinski definition) is 4. The third-order valence-corrected chi connectivity index (χ3v) is 11.7.